The molecular weight excluding hydrogens is 508 g/mol. The van der Waals surface area contributed by atoms with Crippen LogP contribution < -0.4 is 15.1 Å². The van der Waals surface area contributed by atoms with Crippen LogP contribution in [0.3, 0.4) is 0 Å². The molecule has 3 fully saturated rings. The molecular formula is C24H32ClF2N7O3. The van der Waals surface area contributed by atoms with Gasteiger partial charge in [0.1, 0.15) is 23.9 Å². The third kappa shape index (κ3) is 5.23. The van der Waals surface area contributed by atoms with E-state index in [4.69, 9.17) is 21.1 Å². The topological polar surface area (TPSA) is 96.0 Å². The molecule has 10 nitrogen and oxygen atoms in total. The number of rotatable bonds is 4. The minimum Gasteiger partial charge on any atom is -0.461 e. The van der Waals surface area contributed by atoms with Crippen molar-refractivity contribution in [1.82, 2.24) is 30.2 Å². The predicted octanol–water partition coefficient (Wildman–Crippen LogP) is 3.33. The van der Waals surface area contributed by atoms with E-state index in [0.717, 1.165) is 19.4 Å². The lowest BCUT2D eigenvalue weighted by Crippen LogP contribution is -2.50. The van der Waals surface area contributed by atoms with E-state index < -0.39 is 29.2 Å². The van der Waals surface area contributed by atoms with E-state index >= 15 is 4.39 Å². The van der Waals surface area contributed by atoms with Crippen LogP contribution in [0.1, 0.15) is 40.0 Å². The van der Waals surface area contributed by atoms with E-state index in [1.54, 1.807) is 25.8 Å². The number of amides is 1. The standard InChI is InChI=1S/C24H32ClF2N7O3/c1-23(2,3)37-22(35)34-10-7-28-6-9-33(34)20-16-12-29-19(25)17(27)18(16)30-21(31-20)36-14-24-5-4-8-32(24)13-15(26)11-24/h12,15,28H,4-11,13-14H2,1-3H3/t15-,24+/m1/s1. The first-order valence-electron chi connectivity index (χ1n) is 12.6. The summed E-state index contributed by atoms with van der Waals surface area (Å²) >= 11 is 5.98. The molecule has 0 unspecified atom stereocenters. The number of hydrazine groups is 1. The van der Waals surface area contributed by atoms with Gasteiger partial charge in [-0.15, -0.1) is 0 Å². The Hall–Kier alpha value is -2.57. The number of halogens is 3. The molecule has 13 heteroatoms. The number of ether oxygens (including phenoxy) is 2. The fourth-order valence-corrected chi connectivity index (χ4v) is 5.51. The third-order valence-electron chi connectivity index (χ3n) is 6.97. The number of aromatic nitrogens is 3. The zero-order valence-electron chi connectivity index (χ0n) is 21.3. The Bertz CT molecular complexity index is 1180. The Morgan fingerprint density at radius 2 is 2.05 bits per heavy atom. The maximum absolute atomic E-state index is 15.2. The fraction of sp³-hybridized carbons (Fsp3) is 0.667. The molecule has 0 radical (unpaired) electrons. The van der Waals surface area contributed by atoms with Gasteiger partial charge < -0.3 is 14.8 Å². The van der Waals surface area contributed by atoms with Crippen LogP contribution in [0.15, 0.2) is 6.20 Å². The Kier molecular flexibility index (Phi) is 7.01. The highest BCUT2D eigenvalue weighted by atomic mass is 35.5. The van der Waals surface area contributed by atoms with Gasteiger partial charge >= 0.3 is 12.1 Å². The monoisotopic (exact) mass is 539 g/mol. The van der Waals surface area contributed by atoms with Crippen LogP contribution in [0.4, 0.5) is 19.4 Å². The highest BCUT2D eigenvalue weighted by molar-refractivity contribution is 6.30. The maximum Gasteiger partial charge on any atom is 0.429 e. The van der Waals surface area contributed by atoms with E-state index in [9.17, 15) is 9.18 Å². The zero-order valence-corrected chi connectivity index (χ0v) is 22.0. The smallest absolute Gasteiger partial charge is 0.429 e. The van der Waals surface area contributed by atoms with E-state index in [1.807, 2.05) is 0 Å². The minimum absolute atomic E-state index is 0.0723. The average molecular weight is 540 g/mol. The van der Waals surface area contributed by atoms with Gasteiger partial charge in [-0.3, -0.25) is 9.91 Å². The van der Waals surface area contributed by atoms with Crippen molar-refractivity contribution in [2.24, 2.45) is 0 Å². The fourth-order valence-electron chi connectivity index (χ4n) is 5.37. The largest absolute Gasteiger partial charge is 0.461 e. The van der Waals surface area contributed by atoms with Crippen LogP contribution >= 0.6 is 11.6 Å². The number of hydrogen-bond acceptors (Lipinski definition) is 9. The van der Waals surface area contributed by atoms with Crippen molar-refractivity contribution in [3.05, 3.63) is 17.2 Å². The van der Waals surface area contributed by atoms with Crippen LogP contribution in [0.5, 0.6) is 6.01 Å². The minimum atomic E-state index is -0.911. The first-order chi connectivity index (χ1) is 17.6. The molecule has 0 spiro atoms. The molecule has 1 amide bonds. The number of carbonyl (C=O) groups excluding carboxylic acids is 1. The van der Waals surface area contributed by atoms with E-state index in [1.165, 1.54) is 11.2 Å². The Morgan fingerprint density at radius 1 is 1.27 bits per heavy atom. The van der Waals surface area contributed by atoms with Gasteiger partial charge in [0.05, 0.1) is 24.0 Å². The van der Waals surface area contributed by atoms with Crippen LogP contribution in [0, 0.1) is 5.82 Å². The van der Waals surface area contributed by atoms with Gasteiger partial charge in [-0.25, -0.2) is 23.6 Å². The molecule has 0 aliphatic carbocycles. The predicted molar refractivity (Wildman–Crippen MR) is 134 cm³/mol. The molecule has 1 N–H and O–H groups in total. The SMILES string of the molecule is CC(C)(C)OC(=O)N1CCNCCN1c1nc(OC[C@@]23CCCN2C[C@H](F)C3)nc2c(F)c(Cl)ncc12. The highest BCUT2D eigenvalue weighted by Gasteiger charge is 2.49. The Balaban J connectivity index is 1.53. The van der Waals surface area contributed by atoms with Crippen molar-refractivity contribution in [1.29, 1.82) is 0 Å². The second-order valence-corrected chi connectivity index (χ2v) is 11.2. The molecule has 3 aliphatic heterocycles. The van der Waals surface area contributed by atoms with Crippen LogP contribution in [-0.4, -0.2) is 94.1 Å². The second kappa shape index (κ2) is 9.95. The van der Waals surface area contributed by atoms with Gasteiger partial charge in [-0.05, 0) is 40.2 Å². The molecule has 0 saturated carbocycles. The first kappa shape index (κ1) is 26.1. The van der Waals surface area contributed by atoms with Crippen molar-refractivity contribution in [2.45, 2.75) is 57.3 Å². The number of anilines is 1. The number of carbonyl (C=O) groups is 1. The summed E-state index contributed by atoms with van der Waals surface area (Å²) in [7, 11) is 0. The molecule has 202 valence electrons. The van der Waals surface area contributed by atoms with Gasteiger partial charge in [-0.1, -0.05) is 11.6 Å². The van der Waals surface area contributed by atoms with Gasteiger partial charge in [0.15, 0.2) is 16.8 Å². The third-order valence-corrected chi connectivity index (χ3v) is 7.24. The number of nitrogens with zero attached hydrogens (tertiary/aromatic N) is 6. The molecule has 0 bridgehead atoms. The lowest BCUT2D eigenvalue weighted by atomic mass is 9.95. The summed E-state index contributed by atoms with van der Waals surface area (Å²) in [5.41, 5.74) is -1.22. The van der Waals surface area contributed by atoms with Crippen molar-refractivity contribution in [3.8, 4) is 6.01 Å². The summed E-state index contributed by atoms with van der Waals surface area (Å²) in [5.74, 6) is -0.567. The molecule has 3 aliphatic rings. The van der Waals surface area contributed by atoms with E-state index in [-0.39, 0.29) is 34.5 Å². The van der Waals surface area contributed by atoms with Gasteiger partial charge in [-0.2, -0.15) is 9.97 Å². The molecule has 2 atom stereocenters. The van der Waals surface area contributed by atoms with E-state index in [0.29, 0.717) is 39.1 Å². The van der Waals surface area contributed by atoms with Crippen LogP contribution in [0.25, 0.3) is 10.9 Å². The summed E-state index contributed by atoms with van der Waals surface area (Å²) in [6.07, 6.45) is 2.05. The van der Waals surface area contributed by atoms with Gasteiger partial charge in [0.25, 0.3) is 0 Å². The van der Waals surface area contributed by atoms with Crippen molar-refractivity contribution in [2.75, 3.05) is 50.9 Å². The quantitative estimate of drug-likeness (QED) is 0.587. The molecule has 5 heterocycles. The summed E-state index contributed by atoms with van der Waals surface area (Å²) in [6, 6.07) is -0.0754. The van der Waals surface area contributed by atoms with Crippen molar-refractivity contribution >= 4 is 34.4 Å². The maximum atomic E-state index is 15.2. The normalized spacial score (nSPS) is 24.9. The summed E-state index contributed by atoms with van der Waals surface area (Å²) in [4.78, 5) is 28.1. The highest BCUT2D eigenvalue weighted by Crippen LogP contribution is 2.40. The molecule has 2 aromatic heterocycles. The number of pyridine rings is 1. The van der Waals surface area contributed by atoms with Gasteiger partial charge in [0, 0.05) is 32.3 Å². The first-order valence-corrected chi connectivity index (χ1v) is 13.0. The van der Waals surface area contributed by atoms with Crippen molar-refractivity contribution < 1.29 is 23.0 Å². The number of hydrogen-bond donors (Lipinski definition) is 1. The van der Waals surface area contributed by atoms with E-state index in [2.05, 4.69) is 25.2 Å². The second-order valence-electron chi connectivity index (χ2n) is 10.8. The molecule has 37 heavy (non-hydrogen) atoms. The van der Waals surface area contributed by atoms with Crippen molar-refractivity contribution in [3.63, 3.8) is 0 Å². The summed E-state index contributed by atoms with van der Waals surface area (Å²) < 4.78 is 41.1. The number of fused-ring (bicyclic) bond motifs is 2. The summed E-state index contributed by atoms with van der Waals surface area (Å²) in [5, 5.41) is 6.26. The Morgan fingerprint density at radius 3 is 2.84 bits per heavy atom. The average Bonchev–Trinajstić information content (AvgIpc) is 3.22. The summed E-state index contributed by atoms with van der Waals surface area (Å²) in [6.45, 7) is 8.45. The van der Waals surface area contributed by atoms with Gasteiger partial charge in [0.2, 0.25) is 0 Å². The molecule has 5 rings (SSSR count). The molecule has 2 aromatic rings. The molecule has 3 saturated heterocycles. The Labute approximate surface area is 219 Å². The van der Waals surface area contributed by atoms with Crippen LogP contribution in [0.2, 0.25) is 5.15 Å². The van der Waals surface area contributed by atoms with Crippen LogP contribution in [-0.2, 0) is 4.74 Å². The lowest BCUT2D eigenvalue weighted by Gasteiger charge is -2.35. The zero-order chi connectivity index (χ0) is 26.4. The lowest BCUT2D eigenvalue weighted by molar-refractivity contribution is 0.0238. The number of alkyl halides is 1. The molecule has 0 aromatic carbocycles. The number of nitrogens with one attached hydrogen (secondary N) is 1.